The fourth-order valence-electron chi connectivity index (χ4n) is 1.81. The van der Waals surface area contributed by atoms with Crippen LogP contribution < -0.4 is 10.6 Å². The predicted molar refractivity (Wildman–Crippen MR) is 74.7 cm³/mol. The van der Waals surface area contributed by atoms with Crippen molar-refractivity contribution < 1.29 is 0 Å². The first-order chi connectivity index (χ1) is 8.25. The van der Waals surface area contributed by atoms with E-state index in [2.05, 4.69) is 36.4 Å². The van der Waals surface area contributed by atoms with Gasteiger partial charge in [0, 0.05) is 49.9 Å². The lowest BCUT2D eigenvalue weighted by molar-refractivity contribution is 0.249. The van der Waals surface area contributed by atoms with Crippen LogP contribution in [0.15, 0.2) is 16.7 Å². The highest BCUT2D eigenvalue weighted by Crippen LogP contribution is 2.22. The normalized spacial score (nSPS) is 17.1. The lowest BCUT2D eigenvalue weighted by Crippen LogP contribution is -2.45. The van der Waals surface area contributed by atoms with E-state index in [1.807, 2.05) is 6.07 Å². The lowest BCUT2D eigenvalue weighted by atomic mass is 10.3. The quantitative estimate of drug-likeness (QED) is 0.888. The Kier molecular flexibility index (Phi) is 5.03. The molecule has 1 aromatic rings. The van der Waals surface area contributed by atoms with E-state index >= 15 is 0 Å². The molecule has 1 fully saturated rings. The molecule has 4 nitrogen and oxygen atoms in total. The third kappa shape index (κ3) is 4.10. The molecule has 0 unspecified atom stereocenters. The van der Waals surface area contributed by atoms with Gasteiger partial charge in [0.05, 0.1) is 5.02 Å². The smallest absolute Gasteiger partial charge is 0.144 e. The number of aromatic nitrogens is 1. The summed E-state index contributed by atoms with van der Waals surface area (Å²) in [6.45, 7) is 6.28. The monoisotopic (exact) mass is 318 g/mol. The van der Waals surface area contributed by atoms with Crippen LogP contribution in [-0.4, -0.2) is 49.2 Å². The van der Waals surface area contributed by atoms with Crippen LogP contribution >= 0.6 is 27.5 Å². The summed E-state index contributed by atoms with van der Waals surface area (Å²) < 4.78 is 0.898. The first-order valence-corrected chi connectivity index (χ1v) is 6.91. The number of anilines is 1. The molecule has 0 spiro atoms. The van der Waals surface area contributed by atoms with Crippen LogP contribution in [0.2, 0.25) is 5.02 Å². The van der Waals surface area contributed by atoms with Crippen LogP contribution in [0, 0.1) is 0 Å². The van der Waals surface area contributed by atoms with Gasteiger partial charge in [0.25, 0.3) is 0 Å². The maximum atomic E-state index is 6.07. The number of hydrogen-bond donors (Lipinski definition) is 2. The minimum Gasteiger partial charge on any atom is -0.368 e. The first-order valence-electron chi connectivity index (χ1n) is 5.74. The molecule has 0 radical (unpaired) electrons. The molecule has 1 aliphatic heterocycles. The standard InChI is InChI=1S/C11H16BrClN4/c12-9-7-10(13)11(16-8-9)15-3-6-17-4-1-14-2-5-17/h7-8,14H,1-6H2,(H,15,16). The molecule has 0 atom stereocenters. The zero-order valence-electron chi connectivity index (χ0n) is 9.55. The highest BCUT2D eigenvalue weighted by atomic mass is 79.9. The Morgan fingerprint density at radius 1 is 1.47 bits per heavy atom. The molecule has 17 heavy (non-hydrogen) atoms. The van der Waals surface area contributed by atoms with E-state index < -0.39 is 0 Å². The van der Waals surface area contributed by atoms with Crippen molar-refractivity contribution >= 4 is 33.3 Å². The Morgan fingerprint density at radius 3 is 2.94 bits per heavy atom. The van der Waals surface area contributed by atoms with Crippen LogP contribution in [-0.2, 0) is 0 Å². The summed E-state index contributed by atoms with van der Waals surface area (Å²) in [4.78, 5) is 6.67. The van der Waals surface area contributed by atoms with Crippen LogP contribution in [0.4, 0.5) is 5.82 Å². The van der Waals surface area contributed by atoms with Crippen molar-refractivity contribution in [2.75, 3.05) is 44.6 Å². The first kappa shape index (κ1) is 13.1. The summed E-state index contributed by atoms with van der Waals surface area (Å²) >= 11 is 9.41. The molecule has 1 aliphatic rings. The highest BCUT2D eigenvalue weighted by Gasteiger charge is 2.09. The largest absolute Gasteiger partial charge is 0.368 e. The Morgan fingerprint density at radius 2 is 2.24 bits per heavy atom. The van der Waals surface area contributed by atoms with Crippen molar-refractivity contribution in [2.45, 2.75) is 0 Å². The van der Waals surface area contributed by atoms with E-state index in [1.54, 1.807) is 6.20 Å². The number of rotatable bonds is 4. The van der Waals surface area contributed by atoms with Crippen molar-refractivity contribution in [3.8, 4) is 0 Å². The van der Waals surface area contributed by atoms with Gasteiger partial charge in [-0.2, -0.15) is 0 Å². The van der Waals surface area contributed by atoms with Crippen LogP contribution in [0.1, 0.15) is 0 Å². The second-order valence-corrected chi connectivity index (χ2v) is 5.33. The highest BCUT2D eigenvalue weighted by molar-refractivity contribution is 9.10. The fraction of sp³-hybridized carbons (Fsp3) is 0.545. The zero-order valence-corrected chi connectivity index (χ0v) is 11.9. The molecule has 0 saturated carbocycles. The molecule has 2 heterocycles. The van der Waals surface area contributed by atoms with Crippen molar-refractivity contribution in [1.29, 1.82) is 0 Å². The van der Waals surface area contributed by atoms with Crippen LogP contribution in [0.3, 0.4) is 0 Å². The second-order valence-electron chi connectivity index (χ2n) is 4.00. The van der Waals surface area contributed by atoms with Crippen LogP contribution in [0.25, 0.3) is 0 Å². The maximum absolute atomic E-state index is 6.07. The SMILES string of the molecule is Clc1cc(Br)cnc1NCCN1CCNCC1. The van der Waals surface area contributed by atoms with Crippen molar-refractivity contribution in [3.63, 3.8) is 0 Å². The van der Waals surface area contributed by atoms with E-state index in [1.165, 1.54) is 0 Å². The molecule has 1 aromatic heterocycles. The molecule has 0 amide bonds. The van der Waals surface area contributed by atoms with Gasteiger partial charge >= 0.3 is 0 Å². The van der Waals surface area contributed by atoms with Gasteiger partial charge < -0.3 is 10.6 Å². The minimum absolute atomic E-state index is 0.652. The summed E-state index contributed by atoms with van der Waals surface area (Å²) in [7, 11) is 0. The third-order valence-electron chi connectivity index (χ3n) is 2.74. The van der Waals surface area contributed by atoms with Gasteiger partial charge in [0.2, 0.25) is 0 Å². The lowest BCUT2D eigenvalue weighted by Gasteiger charge is -2.27. The van der Waals surface area contributed by atoms with E-state index in [0.717, 1.165) is 49.6 Å². The average Bonchev–Trinajstić information content (AvgIpc) is 2.33. The Bertz CT molecular complexity index is 368. The molecule has 0 aliphatic carbocycles. The molecule has 1 saturated heterocycles. The maximum Gasteiger partial charge on any atom is 0.144 e. The predicted octanol–water partition coefficient (Wildman–Crippen LogP) is 1.81. The number of nitrogens with one attached hydrogen (secondary N) is 2. The summed E-state index contributed by atoms with van der Waals surface area (Å²) in [5.74, 6) is 0.755. The minimum atomic E-state index is 0.652. The number of halogens is 2. The topological polar surface area (TPSA) is 40.2 Å². The van der Waals surface area contributed by atoms with Crippen molar-refractivity contribution in [2.24, 2.45) is 0 Å². The average molecular weight is 320 g/mol. The zero-order chi connectivity index (χ0) is 12.1. The van der Waals surface area contributed by atoms with E-state index in [-0.39, 0.29) is 0 Å². The summed E-state index contributed by atoms with van der Waals surface area (Å²) in [5.41, 5.74) is 0. The fourth-order valence-corrected chi connectivity index (χ4v) is 2.51. The van der Waals surface area contributed by atoms with Crippen molar-refractivity contribution in [1.82, 2.24) is 15.2 Å². The second kappa shape index (κ2) is 6.54. The number of pyridine rings is 1. The molecule has 0 aromatic carbocycles. The molecule has 94 valence electrons. The molecular weight excluding hydrogens is 304 g/mol. The van der Waals surface area contributed by atoms with Gasteiger partial charge in [0.1, 0.15) is 5.82 Å². The molecule has 0 bridgehead atoms. The van der Waals surface area contributed by atoms with Gasteiger partial charge in [-0.3, -0.25) is 4.90 Å². The van der Waals surface area contributed by atoms with E-state index in [0.29, 0.717) is 5.02 Å². The van der Waals surface area contributed by atoms with Gasteiger partial charge in [-0.1, -0.05) is 11.6 Å². The Labute approximate surface area is 115 Å². The summed E-state index contributed by atoms with van der Waals surface area (Å²) in [6, 6.07) is 1.85. The van der Waals surface area contributed by atoms with Crippen molar-refractivity contribution in [3.05, 3.63) is 21.8 Å². The molecule has 6 heteroatoms. The Hall–Kier alpha value is -0.360. The number of hydrogen-bond acceptors (Lipinski definition) is 4. The van der Waals surface area contributed by atoms with Crippen LogP contribution in [0.5, 0.6) is 0 Å². The van der Waals surface area contributed by atoms with E-state index in [4.69, 9.17) is 11.6 Å². The third-order valence-corrected chi connectivity index (χ3v) is 3.46. The number of nitrogens with zero attached hydrogens (tertiary/aromatic N) is 2. The van der Waals surface area contributed by atoms with E-state index in [9.17, 15) is 0 Å². The number of piperazine rings is 1. The molecule has 2 rings (SSSR count). The summed E-state index contributed by atoms with van der Waals surface area (Å²) in [6.07, 6.45) is 1.75. The molecule has 2 N–H and O–H groups in total. The van der Waals surface area contributed by atoms with Gasteiger partial charge in [-0.25, -0.2) is 4.98 Å². The van der Waals surface area contributed by atoms with Gasteiger partial charge in [-0.05, 0) is 22.0 Å². The molecular formula is C11H16BrClN4. The summed E-state index contributed by atoms with van der Waals surface area (Å²) in [5, 5.41) is 7.25. The van der Waals surface area contributed by atoms with Gasteiger partial charge in [0.15, 0.2) is 0 Å². The van der Waals surface area contributed by atoms with Gasteiger partial charge in [-0.15, -0.1) is 0 Å². The Balaban J connectivity index is 1.77.